The van der Waals surface area contributed by atoms with Crippen LogP contribution in [0.4, 0.5) is 4.79 Å². The maximum Gasteiger partial charge on any atom is 0.315 e. The quantitative estimate of drug-likeness (QED) is 0.630. The number of nitrogens with zero attached hydrogens (tertiary/aromatic N) is 1. The largest absolute Gasteiger partial charge is 0.508 e. The van der Waals surface area contributed by atoms with E-state index in [1.165, 1.54) is 5.56 Å². The fraction of sp³-hybridized carbons (Fsp3) is 0.450. The van der Waals surface area contributed by atoms with Crippen molar-refractivity contribution in [1.29, 1.82) is 0 Å². The molecule has 1 aromatic carbocycles. The van der Waals surface area contributed by atoms with E-state index in [0.29, 0.717) is 6.54 Å². The molecule has 0 radical (unpaired) electrons. The number of hydrogen-bond donors (Lipinski definition) is 3. The van der Waals surface area contributed by atoms with Crippen molar-refractivity contribution in [2.75, 3.05) is 20.6 Å². The highest BCUT2D eigenvalue weighted by atomic mass is 32.1. The fourth-order valence-corrected chi connectivity index (χ4v) is 3.46. The van der Waals surface area contributed by atoms with Gasteiger partial charge in [0.25, 0.3) is 0 Å². The van der Waals surface area contributed by atoms with Gasteiger partial charge in [0.2, 0.25) is 0 Å². The lowest BCUT2D eigenvalue weighted by molar-refractivity contribution is 0.228. The molecule has 2 aromatic rings. The molecule has 0 spiro atoms. The predicted octanol–water partition coefficient (Wildman–Crippen LogP) is 3.25. The number of hydrogen-bond acceptors (Lipinski definition) is 4. The molecule has 0 bridgehead atoms. The first-order chi connectivity index (χ1) is 12.5. The fourth-order valence-electron chi connectivity index (χ4n) is 2.78. The van der Waals surface area contributed by atoms with Gasteiger partial charge in [-0.3, -0.25) is 0 Å². The standard InChI is InChI=1S/C20H29N3O2S/c1-4-17(11-16-9-10-26-14-16)22-20(25)21-13-18(23(2)3)12-15-5-7-19(24)8-6-15/h5-10,14,17-18,24H,4,11-13H2,1-3H3,(H2,21,22,25)/t17-,18-/m0/s1. The van der Waals surface area contributed by atoms with Gasteiger partial charge in [-0.05, 0) is 73.4 Å². The lowest BCUT2D eigenvalue weighted by Gasteiger charge is -2.25. The van der Waals surface area contributed by atoms with Gasteiger partial charge in [-0.1, -0.05) is 19.1 Å². The number of aromatic hydroxyl groups is 1. The molecule has 2 amide bonds. The van der Waals surface area contributed by atoms with Crippen LogP contribution in [0.25, 0.3) is 0 Å². The van der Waals surface area contributed by atoms with Crippen LogP contribution in [0.5, 0.6) is 5.75 Å². The molecular weight excluding hydrogens is 346 g/mol. The molecule has 0 aliphatic rings. The van der Waals surface area contributed by atoms with Crippen molar-refractivity contribution in [2.24, 2.45) is 0 Å². The monoisotopic (exact) mass is 375 g/mol. The first kappa shape index (κ1) is 20.3. The Balaban J connectivity index is 1.83. The summed E-state index contributed by atoms with van der Waals surface area (Å²) in [7, 11) is 4.02. The molecule has 0 aliphatic heterocycles. The first-order valence-corrected chi connectivity index (χ1v) is 9.92. The maximum atomic E-state index is 12.3. The lowest BCUT2D eigenvalue weighted by atomic mass is 10.0. The molecule has 0 saturated carbocycles. The summed E-state index contributed by atoms with van der Waals surface area (Å²) in [4.78, 5) is 14.4. The molecule has 2 atom stereocenters. The molecule has 0 aliphatic carbocycles. The number of rotatable bonds is 9. The summed E-state index contributed by atoms with van der Waals surface area (Å²) in [6.07, 6.45) is 2.56. The summed E-state index contributed by atoms with van der Waals surface area (Å²) < 4.78 is 0. The van der Waals surface area contributed by atoms with E-state index in [2.05, 4.69) is 39.3 Å². The van der Waals surface area contributed by atoms with Crippen LogP contribution in [0.1, 0.15) is 24.5 Å². The van der Waals surface area contributed by atoms with Gasteiger partial charge in [-0.15, -0.1) is 0 Å². The summed E-state index contributed by atoms with van der Waals surface area (Å²) in [5.74, 6) is 0.267. The van der Waals surface area contributed by atoms with E-state index in [9.17, 15) is 9.90 Å². The third kappa shape index (κ3) is 6.69. The van der Waals surface area contributed by atoms with Gasteiger partial charge in [-0.25, -0.2) is 4.79 Å². The number of phenols is 1. The van der Waals surface area contributed by atoms with Gasteiger partial charge in [0, 0.05) is 18.6 Å². The van der Waals surface area contributed by atoms with E-state index in [0.717, 1.165) is 24.8 Å². The van der Waals surface area contributed by atoms with Crippen LogP contribution in [0.3, 0.4) is 0 Å². The number of carbonyl (C=O) groups excluding carboxylic acids is 1. The molecule has 0 saturated heterocycles. The molecule has 3 N–H and O–H groups in total. The zero-order valence-corrected chi connectivity index (χ0v) is 16.6. The van der Waals surface area contributed by atoms with Crippen molar-refractivity contribution in [3.63, 3.8) is 0 Å². The van der Waals surface area contributed by atoms with Crippen LogP contribution in [-0.2, 0) is 12.8 Å². The molecular formula is C20H29N3O2S. The van der Waals surface area contributed by atoms with Gasteiger partial charge in [-0.2, -0.15) is 11.3 Å². The Morgan fingerprint density at radius 3 is 2.46 bits per heavy atom. The minimum absolute atomic E-state index is 0.121. The Hall–Kier alpha value is -2.05. The second-order valence-electron chi connectivity index (χ2n) is 6.78. The highest BCUT2D eigenvalue weighted by molar-refractivity contribution is 7.07. The summed E-state index contributed by atoms with van der Waals surface area (Å²) in [5.41, 5.74) is 2.40. The van der Waals surface area contributed by atoms with E-state index in [4.69, 9.17) is 0 Å². The van der Waals surface area contributed by atoms with Gasteiger partial charge in [0.1, 0.15) is 5.75 Å². The molecule has 2 rings (SSSR count). The van der Waals surface area contributed by atoms with Crippen molar-refractivity contribution in [3.05, 3.63) is 52.2 Å². The van der Waals surface area contributed by atoms with Crippen LogP contribution in [0, 0.1) is 0 Å². The molecule has 1 heterocycles. The van der Waals surface area contributed by atoms with Crippen molar-refractivity contribution < 1.29 is 9.90 Å². The zero-order chi connectivity index (χ0) is 18.9. The van der Waals surface area contributed by atoms with Gasteiger partial charge in [0.05, 0.1) is 0 Å². The highest BCUT2D eigenvalue weighted by Gasteiger charge is 2.16. The smallest absolute Gasteiger partial charge is 0.315 e. The molecule has 0 unspecified atom stereocenters. The SMILES string of the molecule is CC[C@@H](Cc1ccsc1)NC(=O)NC[C@H](Cc1ccc(O)cc1)N(C)C. The van der Waals surface area contributed by atoms with Gasteiger partial charge in [0.15, 0.2) is 0 Å². The number of nitrogens with one attached hydrogen (secondary N) is 2. The summed E-state index contributed by atoms with van der Waals surface area (Å²) in [6.45, 7) is 2.65. The number of benzene rings is 1. The van der Waals surface area contributed by atoms with Crippen LogP contribution in [0.15, 0.2) is 41.1 Å². The second kappa shape index (κ2) is 10.2. The molecule has 142 valence electrons. The molecule has 6 heteroatoms. The first-order valence-electron chi connectivity index (χ1n) is 8.97. The Morgan fingerprint density at radius 2 is 1.88 bits per heavy atom. The highest BCUT2D eigenvalue weighted by Crippen LogP contribution is 2.13. The summed E-state index contributed by atoms with van der Waals surface area (Å²) in [6, 6.07) is 9.52. The van der Waals surface area contributed by atoms with Crippen LogP contribution >= 0.6 is 11.3 Å². The Morgan fingerprint density at radius 1 is 1.15 bits per heavy atom. The van der Waals surface area contributed by atoms with Crippen molar-refractivity contribution in [1.82, 2.24) is 15.5 Å². The lowest BCUT2D eigenvalue weighted by Crippen LogP contribution is -2.48. The van der Waals surface area contributed by atoms with Gasteiger partial charge < -0.3 is 20.6 Å². The Bertz CT molecular complexity index is 656. The van der Waals surface area contributed by atoms with Crippen molar-refractivity contribution in [3.8, 4) is 5.75 Å². The normalized spacial score (nSPS) is 13.4. The molecule has 0 fully saturated rings. The molecule has 1 aromatic heterocycles. The Kier molecular flexibility index (Phi) is 7.94. The van der Waals surface area contributed by atoms with Gasteiger partial charge >= 0.3 is 6.03 Å². The number of phenolic OH excluding ortho intramolecular Hbond substituents is 1. The average molecular weight is 376 g/mol. The third-order valence-electron chi connectivity index (χ3n) is 4.53. The second-order valence-corrected chi connectivity index (χ2v) is 7.56. The van der Waals surface area contributed by atoms with E-state index >= 15 is 0 Å². The summed E-state index contributed by atoms with van der Waals surface area (Å²) >= 11 is 1.68. The van der Waals surface area contributed by atoms with Crippen LogP contribution in [-0.4, -0.2) is 48.8 Å². The number of thiophene rings is 1. The number of carbonyl (C=O) groups is 1. The minimum atomic E-state index is -0.121. The molecule has 26 heavy (non-hydrogen) atoms. The topological polar surface area (TPSA) is 64.6 Å². The van der Waals surface area contributed by atoms with Crippen LogP contribution < -0.4 is 10.6 Å². The van der Waals surface area contributed by atoms with Crippen molar-refractivity contribution >= 4 is 17.4 Å². The van der Waals surface area contributed by atoms with E-state index in [-0.39, 0.29) is 23.9 Å². The van der Waals surface area contributed by atoms with E-state index < -0.39 is 0 Å². The Labute approximate surface area is 160 Å². The summed E-state index contributed by atoms with van der Waals surface area (Å²) in [5, 5.41) is 19.7. The number of urea groups is 1. The average Bonchev–Trinajstić information content (AvgIpc) is 3.12. The zero-order valence-electron chi connectivity index (χ0n) is 15.7. The maximum absolute atomic E-state index is 12.3. The van der Waals surface area contributed by atoms with E-state index in [1.807, 2.05) is 26.2 Å². The van der Waals surface area contributed by atoms with Crippen LogP contribution in [0.2, 0.25) is 0 Å². The number of likely N-dealkylation sites (N-methyl/N-ethyl adjacent to an activating group) is 1. The molecule has 5 nitrogen and oxygen atoms in total. The number of amides is 2. The minimum Gasteiger partial charge on any atom is -0.508 e. The predicted molar refractivity (Wildman–Crippen MR) is 108 cm³/mol. The third-order valence-corrected chi connectivity index (χ3v) is 5.26. The van der Waals surface area contributed by atoms with E-state index in [1.54, 1.807) is 23.5 Å². The van der Waals surface area contributed by atoms with Crippen molar-refractivity contribution in [2.45, 2.75) is 38.3 Å².